The molecule has 3 aromatic rings. The summed E-state index contributed by atoms with van der Waals surface area (Å²) in [5, 5.41) is 15.1. The van der Waals surface area contributed by atoms with E-state index in [1.54, 1.807) is 33.9 Å². The minimum absolute atomic E-state index is 0.0296. The Morgan fingerprint density at radius 2 is 1.67 bits per heavy atom. The Labute approximate surface area is 241 Å². The quantitative estimate of drug-likeness (QED) is 0.357. The maximum atomic E-state index is 14.1. The lowest BCUT2D eigenvalue weighted by atomic mass is 9.42. The number of nitrogens with zero attached hydrogens (tertiary/aromatic N) is 5. The highest BCUT2D eigenvalue weighted by atomic mass is 19.3. The van der Waals surface area contributed by atoms with Crippen LogP contribution in [0.25, 0.3) is 5.65 Å². The smallest absolute Gasteiger partial charge is 0.270 e. The molecule has 0 spiro atoms. The molecule has 2 N–H and O–H groups in total. The first kappa shape index (κ1) is 27.4. The molecule has 5 saturated carbocycles. The van der Waals surface area contributed by atoms with Crippen LogP contribution in [0.1, 0.15) is 112 Å². The van der Waals surface area contributed by atoms with Crippen molar-refractivity contribution in [2.24, 2.45) is 17.3 Å². The molecule has 2 amide bonds. The van der Waals surface area contributed by atoms with Gasteiger partial charge in [0.05, 0.1) is 35.6 Å². The molecule has 12 heteroatoms. The van der Waals surface area contributed by atoms with E-state index in [0.717, 1.165) is 18.4 Å². The summed E-state index contributed by atoms with van der Waals surface area (Å²) < 4.78 is 45.4. The maximum absolute atomic E-state index is 14.1. The summed E-state index contributed by atoms with van der Waals surface area (Å²) in [5.41, 5.74) is 0.610. The highest BCUT2D eigenvalue weighted by Crippen LogP contribution is 2.69. The van der Waals surface area contributed by atoms with Gasteiger partial charge in [0, 0.05) is 25.1 Å². The lowest BCUT2D eigenvalue weighted by Crippen LogP contribution is -2.70. The van der Waals surface area contributed by atoms with Gasteiger partial charge in [-0.3, -0.25) is 14.3 Å². The number of hydrogen-bond donors (Lipinski definition) is 2. The first-order chi connectivity index (χ1) is 19.9. The predicted molar refractivity (Wildman–Crippen MR) is 146 cm³/mol. The van der Waals surface area contributed by atoms with Gasteiger partial charge in [-0.25, -0.2) is 22.7 Å². The molecule has 42 heavy (non-hydrogen) atoms. The summed E-state index contributed by atoms with van der Waals surface area (Å²) in [6.07, 6.45) is 7.96. The van der Waals surface area contributed by atoms with Gasteiger partial charge in [-0.2, -0.15) is 10.2 Å². The second-order valence-corrected chi connectivity index (χ2v) is 13.4. The van der Waals surface area contributed by atoms with Crippen LogP contribution >= 0.6 is 0 Å². The molecule has 5 aliphatic carbocycles. The number of hydrogen-bond acceptors (Lipinski definition) is 5. The minimum Gasteiger partial charge on any atom is -0.348 e. The average Bonchev–Trinajstić information content (AvgIpc) is 3.46. The van der Waals surface area contributed by atoms with E-state index in [-0.39, 0.29) is 55.5 Å². The van der Waals surface area contributed by atoms with Crippen molar-refractivity contribution in [2.75, 3.05) is 0 Å². The predicted octanol–water partition coefficient (Wildman–Crippen LogP) is 5.26. The van der Waals surface area contributed by atoms with Gasteiger partial charge in [-0.05, 0) is 88.3 Å². The first-order valence-electron chi connectivity index (χ1n) is 15.0. The Morgan fingerprint density at radius 3 is 2.31 bits per heavy atom. The number of fused-ring (bicyclic) bond motifs is 1. The van der Waals surface area contributed by atoms with Crippen LogP contribution in [0.15, 0.2) is 30.7 Å². The Kier molecular flexibility index (Phi) is 6.22. The van der Waals surface area contributed by atoms with E-state index in [4.69, 9.17) is 4.98 Å². The molecular formula is C30H36F3N7O2. The van der Waals surface area contributed by atoms with Crippen LogP contribution in [0.3, 0.4) is 0 Å². The zero-order valence-corrected chi connectivity index (χ0v) is 23.8. The van der Waals surface area contributed by atoms with E-state index in [1.807, 2.05) is 19.9 Å². The van der Waals surface area contributed by atoms with Crippen molar-refractivity contribution in [1.29, 1.82) is 0 Å². The molecule has 3 heterocycles. The monoisotopic (exact) mass is 583 g/mol. The standard InChI is InChI=1S/C30H36F3N7O2/c1-17(2)40-22(7-10-34-40)26(41)37-25(19-5-8-30(32,33)9-6-19)21-13-39-23(36-21)11-20(12-35-39)24(18-3-4-18)38-27(42)28-14-29(31,15-28)16-28/h7,10-13,17-19,24-25H,3-6,8-9,14-16H2,1-2H3,(H,37,41)(H,38,42)/t24-,25+,28?,29?/m1/s1. The van der Waals surface area contributed by atoms with Crippen LogP contribution < -0.4 is 10.6 Å². The number of carbonyl (C=O) groups is 2. The lowest BCUT2D eigenvalue weighted by molar-refractivity contribution is -0.214. The number of amides is 2. The minimum atomic E-state index is -2.71. The number of carbonyl (C=O) groups excluding carboxylic acids is 2. The van der Waals surface area contributed by atoms with Crippen LogP contribution in [0, 0.1) is 17.3 Å². The Bertz CT molecular complexity index is 1510. The van der Waals surface area contributed by atoms with Crippen LogP contribution in [-0.4, -0.2) is 47.8 Å². The van der Waals surface area contributed by atoms with Crippen molar-refractivity contribution >= 4 is 17.5 Å². The molecule has 9 nitrogen and oxygen atoms in total. The molecule has 2 atom stereocenters. The van der Waals surface area contributed by atoms with Crippen molar-refractivity contribution in [1.82, 2.24) is 35.0 Å². The molecule has 2 bridgehead atoms. The highest BCUT2D eigenvalue weighted by molar-refractivity contribution is 5.92. The number of aromatic nitrogens is 5. The van der Waals surface area contributed by atoms with Crippen LogP contribution in [-0.2, 0) is 4.79 Å². The molecule has 0 radical (unpaired) electrons. The van der Waals surface area contributed by atoms with E-state index in [9.17, 15) is 22.8 Å². The zero-order valence-electron chi connectivity index (χ0n) is 23.8. The van der Waals surface area contributed by atoms with Gasteiger partial charge < -0.3 is 10.6 Å². The van der Waals surface area contributed by atoms with Crippen LogP contribution in [0.2, 0.25) is 0 Å². The van der Waals surface area contributed by atoms with E-state index < -0.39 is 23.0 Å². The number of imidazole rings is 1. The molecule has 0 aliphatic heterocycles. The summed E-state index contributed by atoms with van der Waals surface area (Å²) in [7, 11) is 0. The van der Waals surface area contributed by atoms with E-state index in [1.165, 1.54) is 0 Å². The third-order valence-corrected chi connectivity index (χ3v) is 9.78. The van der Waals surface area contributed by atoms with Crippen LogP contribution in [0.4, 0.5) is 13.2 Å². The highest BCUT2D eigenvalue weighted by Gasteiger charge is 2.73. The molecular weight excluding hydrogens is 547 g/mol. The van der Waals surface area contributed by atoms with Crippen molar-refractivity contribution in [3.8, 4) is 0 Å². The van der Waals surface area contributed by atoms with Gasteiger partial charge in [0.1, 0.15) is 11.4 Å². The summed E-state index contributed by atoms with van der Waals surface area (Å²) in [6.45, 7) is 3.86. The molecule has 3 aromatic heterocycles. The van der Waals surface area contributed by atoms with Crippen LogP contribution in [0.5, 0.6) is 0 Å². The van der Waals surface area contributed by atoms with Gasteiger partial charge in [-0.15, -0.1) is 0 Å². The number of halogens is 3. The normalized spacial score (nSPS) is 28.1. The van der Waals surface area contributed by atoms with Gasteiger partial charge in [0.25, 0.3) is 5.91 Å². The maximum Gasteiger partial charge on any atom is 0.270 e. The Balaban J connectivity index is 1.16. The SMILES string of the molecule is CC(C)n1nccc1C(=O)N[C@H](c1cn2ncc([C@H](NC(=O)C34CC(F)(C3)C4)C3CC3)cc2n1)C1CCC(F)(F)CC1. The number of alkyl halides is 3. The molecule has 8 rings (SSSR count). The summed E-state index contributed by atoms with van der Waals surface area (Å²) in [4.78, 5) is 31.3. The topological polar surface area (TPSA) is 106 Å². The van der Waals surface area contributed by atoms with E-state index in [0.29, 0.717) is 42.2 Å². The number of rotatable bonds is 9. The van der Waals surface area contributed by atoms with Gasteiger partial charge in [0.2, 0.25) is 11.8 Å². The van der Waals surface area contributed by atoms with Crippen molar-refractivity contribution in [3.05, 3.63) is 47.7 Å². The van der Waals surface area contributed by atoms with Gasteiger partial charge >= 0.3 is 0 Å². The Hall–Kier alpha value is -3.44. The molecule has 5 aliphatic rings. The van der Waals surface area contributed by atoms with Crippen molar-refractivity contribution < 1.29 is 22.8 Å². The molecule has 0 unspecified atom stereocenters. The molecule has 0 saturated heterocycles. The summed E-state index contributed by atoms with van der Waals surface area (Å²) in [5.74, 6) is -3.06. The zero-order chi connectivity index (χ0) is 29.4. The molecule has 5 fully saturated rings. The largest absolute Gasteiger partial charge is 0.348 e. The fraction of sp³-hybridized carbons (Fsp3) is 0.633. The van der Waals surface area contributed by atoms with Gasteiger partial charge in [0.15, 0.2) is 5.65 Å². The number of nitrogens with one attached hydrogen (secondary N) is 2. The summed E-state index contributed by atoms with van der Waals surface area (Å²) in [6, 6.07) is 2.68. The van der Waals surface area contributed by atoms with E-state index >= 15 is 0 Å². The van der Waals surface area contributed by atoms with E-state index in [2.05, 4.69) is 20.8 Å². The first-order valence-corrected chi connectivity index (χ1v) is 15.0. The Morgan fingerprint density at radius 1 is 0.976 bits per heavy atom. The second-order valence-electron chi connectivity index (χ2n) is 13.4. The van der Waals surface area contributed by atoms with Crippen molar-refractivity contribution in [3.63, 3.8) is 0 Å². The third-order valence-electron chi connectivity index (χ3n) is 9.78. The fourth-order valence-electron chi connectivity index (χ4n) is 7.28. The fourth-order valence-corrected chi connectivity index (χ4v) is 7.28. The molecule has 224 valence electrons. The van der Waals surface area contributed by atoms with Gasteiger partial charge in [-0.1, -0.05) is 0 Å². The second kappa shape index (κ2) is 9.54. The molecule has 0 aromatic carbocycles. The summed E-state index contributed by atoms with van der Waals surface area (Å²) >= 11 is 0. The third kappa shape index (κ3) is 4.76. The average molecular weight is 584 g/mol. The van der Waals surface area contributed by atoms with Crippen molar-refractivity contribution in [2.45, 2.75) is 101 Å². The lowest BCUT2D eigenvalue weighted by Gasteiger charge is -2.64.